The van der Waals surface area contributed by atoms with E-state index in [1.807, 2.05) is 42.5 Å². The number of halogens is 1. The van der Waals surface area contributed by atoms with Gasteiger partial charge in [-0.05, 0) is 55.7 Å². The van der Waals surface area contributed by atoms with Crippen LogP contribution in [0.25, 0.3) is 22.1 Å². The summed E-state index contributed by atoms with van der Waals surface area (Å²) in [5.41, 5.74) is 3.23. The van der Waals surface area contributed by atoms with Crippen molar-refractivity contribution in [1.82, 2.24) is 5.16 Å². The first-order valence-electron chi connectivity index (χ1n) is 12.0. The van der Waals surface area contributed by atoms with E-state index >= 15 is 0 Å². The van der Waals surface area contributed by atoms with Crippen LogP contribution in [0.4, 0.5) is 0 Å². The lowest BCUT2D eigenvalue weighted by Gasteiger charge is -2.25. The van der Waals surface area contributed by atoms with Crippen LogP contribution in [0.5, 0.6) is 11.5 Å². The number of benzene rings is 3. The molecule has 0 saturated carbocycles. The topological polar surface area (TPSA) is 81.8 Å². The third-order valence-electron chi connectivity index (χ3n) is 6.25. The lowest BCUT2D eigenvalue weighted by molar-refractivity contribution is -0.147. The van der Waals surface area contributed by atoms with Gasteiger partial charge in [0.2, 0.25) is 0 Å². The molecule has 1 unspecified atom stereocenters. The van der Waals surface area contributed by atoms with Gasteiger partial charge < -0.3 is 19.1 Å². The fourth-order valence-corrected chi connectivity index (χ4v) is 4.22. The molecule has 0 aliphatic carbocycles. The van der Waals surface area contributed by atoms with Gasteiger partial charge in [0.1, 0.15) is 11.5 Å². The van der Waals surface area contributed by atoms with Gasteiger partial charge in [0, 0.05) is 11.8 Å². The van der Waals surface area contributed by atoms with E-state index in [4.69, 9.17) is 25.6 Å². The first kappa shape index (κ1) is 25.6. The molecule has 1 aromatic heterocycles. The summed E-state index contributed by atoms with van der Waals surface area (Å²) in [5, 5.41) is 14.0. The zero-order chi connectivity index (χ0) is 25.7. The van der Waals surface area contributed by atoms with E-state index in [1.165, 1.54) is 0 Å². The van der Waals surface area contributed by atoms with Crippen molar-refractivity contribution in [2.75, 3.05) is 13.2 Å². The number of hydrogen-bond acceptors (Lipinski definition) is 5. The molecule has 1 atom stereocenters. The quantitative estimate of drug-likeness (QED) is 0.169. The molecular formula is C29H30ClNO5. The maximum absolute atomic E-state index is 11.5. The smallest absolute Gasteiger partial charge is 0.310 e. The van der Waals surface area contributed by atoms with Crippen LogP contribution in [0.15, 0.2) is 71.3 Å². The molecule has 0 aliphatic heterocycles. The van der Waals surface area contributed by atoms with Gasteiger partial charge in [0.05, 0.1) is 35.3 Å². The number of aliphatic carboxylic acids is 1. The van der Waals surface area contributed by atoms with Crippen LogP contribution in [0.3, 0.4) is 0 Å². The van der Waals surface area contributed by atoms with Crippen molar-refractivity contribution in [3.05, 3.63) is 78.0 Å². The van der Waals surface area contributed by atoms with E-state index in [0.29, 0.717) is 25.4 Å². The normalized spacial score (nSPS) is 12.4. The molecular weight excluding hydrogens is 478 g/mol. The number of aryl methyl sites for hydroxylation is 1. The summed E-state index contributed by atoms with van der Waals surface area (Å²) in [6.45, 7) is 6.22. The molecule has 7 heteroatoms. The van der Waals surface area contributed by atoms with Crippen molar-refractivity contribution in [2.24, 2.45) is 5.41 Å². The maximum Gasteiger partial charge on any atom is 0.310 e. The first-order chi connectivity index (χ1) is 17.3. The highest BCUT2D eigenvalue weighted by atomic mass is 35.5. The van der Waals surface area contributed by atoms with Gasteiger partial charge in [-0.2, -0.15) is 0 Å². The zero-order valence-corrected chi connectivity index (χ0v) is 21.4. The first-order valence-corrected chi connectivity index (χ1v) is 12.5. The molecule has 4 rings (SSSR count). The van der Waals surface area contributed by atoms with Crippen molar-refractivity contribution < 1.29 is 23.9 Å². The van der Waals surface area contributed by atoms with Crippen LogP contribution >= 0.6 is 11.6 Å². The minimum absolute atomic E-state index is 0.467. The van der Waals surface area contributed by atoms with Crippen molar-refractivity contribution >= 4 is 28.5 Å². The van der Waals surface area contributed by atoms with Crippen LogP contribution in [0, 0.1) is 5.41 Å². The van der Waals surface area contributed by atoms with Gasteiger partial charge in [0.25, 0.3) is 0 Å². The molecule has 0 amide bonds. The van der Waals surface area contributed by atoms with E-state index in [1.54, 1.807) is 38.1 Å². The van der Waals surface area contributed by atoms with E-state index < -0.39 is 16.8 Å². The Morgan fingerprint density at radius 3 is 2.39 bits per heavy atom. The molecule has 0 fully saturated rings. The number of hydrogen-bond donors (Lipinski definition) is 1. The van der Waals surface area contributed by atoms with E-state index in [2.05, 4.69) is 12.1 Å². The second-order valence-corrected chi connectivity index (χ2v) is 9.61. The predicted molar refractivity (Wildman–Crippen MR) is 141 cm³/mol. The number of carboxylic acid groups (broad SMARTS) is 1. The van der Waals surface area contributed by atoms with Gasteiger partial charge in [-0.15, -0.1) is 11.6 Å². The Hall–Kier alpha value is -3.51. The summed E-state index contributed by atoms with van der Waals surface area (Å²) < 4.78 is 17.7. The van der Waals surface area contributed by atoms with Crippen molar-refractivity contribution in [2.45, 2.75) is 39.0 Å². The van der Waals surface area contributed by atoms with Crippen LogP contribution in [-0.4, -0.2) is 29.4 Å². The Bertz CT molecular complexity index is 1320. The number of carboxylic acids is 1. The summed E-state index contributed by atoms with van der Waals surface area (Å²) in [5.74, 6) is 0.494. The van der Waals surface area contributed by atoms with Gasteiger partial charge in [-0.1, -0.05) is 54.5 Å². The van der Waals surface area contributed by atoms with Crippen LogP contribution < -0.4 is 9.47 Å². The lowest BCUT2D eigenvalue weighted by Crippen LogP contribution is -2.28. The molecule has 1 N–H and O–H groups in total. The van der Waals surface area contributed by atoms with Gasteiger partial charge in [0.15, 0.2) is 5.58 Å². The maximum atomic E-state index is 11.5. The number of nitrogens with zero attached hydrogens (tertiary/aromatic N) is 1. The Kier molecular flexibility index (Phi) is 7.85. The van der Waals surface area contributed by atoms with Gasteiger partial charge in [-0.3, -0.25) is 4.79 Å². The summed E-state index contributed by atoms with van der Waals surface area (Å²) in [7, 11) is 0. The van der Waals surface area contributed by atoms with Crippen LogP contribution in [-0.2, 0) is 11.2 Å². The van der Waals surface area contributed by atoms with Crippen molar-refractivity contribution in [1.29, 1.82) is 0 Å². The van der Waals surface area contributed by atoms with E-state index in [9.17, 15) is 9.90 Å². The summed E-state index contributed by atoms with van der Waals surface area (Å²) in [6.07, 6.45) is 1.47. The highest BCUT2D eigenvalue weighted by Crippen LogP contribution is 2.40. The SMILES string of the molecule is CCc1noc2c(-c3ccccc3)c(OCCCOc3ccc(C(Cl)C(C)(C)C(=O)O)cc3)ccc12. The minimum atomic E-state index is -1.08. The average Bonchev–Trinajstić information content (AvgIpc) is 3.31. The number of aromatic nitrogens is 1. The lowest BCUT2D eigenvalue weighted by atomic mass is 9.85. The third-order valence-corrected chi connectivity index (χ3v) is 7.04. The molecule has 0 spiro atoms. The Balaban J connectivity index is 1.37. The number of fused-ring (bicyclic) bond motifs is 1. The Morgan fingerprint density at radius 1 is 1.03 bits per heavy atom. The summed E-state index contributed by atoms with van der Waals surface area (Å²) in [4.78, 5) is 11.5. The van der Waals surface area contributed by atoms with Crippen LogP contribution in [0.1, 0.15) is 43.8 Å². The Labute approximate surface area is 215 Å². The third kappa shape index (κ3) is 5.34. The second-order valence-electron chi connectivity index (χ2n) is 9.17. The average molecular weight is 508 g/mol. The largest absolute Gasteiger partial charge is 0.493 e. The number of carbonyl (C=O) groups is 1. The molecule has 0 saturated heterocycles. The van der Waals surface area contributed by atoms with Gasteiger partial charge in [-0.25, -0.2) is 0 Å². The molecule has 6 nitrogen and oxygen atoms in total. The van der Waals surface area contributed by atoms with E-state index in [0.717, 1.165) is 45.5 Å². The molecule has 0 aliphatic rings. The second kappa shape index (κ2) is 11.0. The predicted octanol–water partition coefficient (Wildman–Crippen LogP) is 7.30. The van der Waals surface area contributed by atoms with E-state index in [-0.39, 0.29) is 0 Å². The number of ether oxygens (including phenoxy) is 2. The molecule has 1 heterocycles. The highest BCUT2D eigenvalue weighted by Gasteiger charge is 2.36. The highest BCUT2D eigenvalue weighted by molar-refractivity contribution is 6.22. The van der Waals surface area contributed by atoms with Gasteiger partial charge >= 0.3 is 5.97 Å². The fourth-order valence-electron chi connectivity index (χ4n) is 3.98. The molecule has 3 aromatic carbocycles. The molecule has 36 heavy (non-hydrogen) atoms. The standard InChI is InChI=1S/C29H30ClNO5/c1-4-23-22-15-16-24(25(26(22)36-31-23)19-9-6-5-7-10-19)35-18-8-17-34-21-13-11-20(12-14-21)27(30)29(2,3)28(32)33/h5-7,9-16,27H,4,8,17-18H2,1-3H3,(H,32,33). The fraction of sp³-hybridized carbons (Fsp3) is 0.310. The Morgan fingerprint density at radius 2 is 1.72 bits per heavy atom. The summed E-state index contributed by atoms with van der Waals surface area (Å²) >= 11 is 6.40. The zero-order valence-electron chi connectivity index (χ0n) is 20.7. The van der Waals surface area contributed by atoms with Crippen molar-refractivity contribution in [3.63, 3.8) is 0 Å². The van der Waals surface area contributed by atoms with Crippen molar-refractivity contribution in [3.8, 4) is 22.6 Å². The molecule has 0 bridgehead atoms. The number of rotatable bonds is 11. The molecule has 0 radical (unpaired) electrons. The minimum Gasteiger partial charge on any atom is -0.493 e. The van der Waals surface area contributed by atoms with Crippen LogP contribution in [0.2, 0.25) is 0 Å². The summed E-state index contributed by atoms with van der Waals surface area (Å²) in [6, 6.07) is 21.2. The molecule has 4 aromatic rings. The monoisotopic (exact) mass is 507 g/mol. The molecule has 188 valence electrons. The number of alkyl halides is 1.